The molecule has 0 bridgehead atoms. The van der Waals surface area contributed by atoms with Gasteiger partial charge in [0.2, 0.25) is 0 Å². The number of hydrogen-bond acceptors (Lipinski definition) is 5. The fourth-order valence-electron chi connectivity index (χ4n) is 2.76. The van der Waals surface area contributed by atoms with E-state index in [2.05, 4.69) is 22.2 Å². The van der Waals surface area contributed by atoms with Crippen molar-refractivity contribution in [2.75, 3.05) is 45.1 Å². The smallest absolute Gasteiger partial charge is 0.381 e. The highest BCUT2D eigenvalue weighted by Gasteiger charge is 2.38. The number of likely N-dealkylation sites (N-methyl/N-ethyl adjacent to an activating group) is 1. The molecule has 1 aromatic carbocycles. The molecule has 2 rings (SSSR count). The molecule has 0 spiro atoms. The maximum absolute atomic E-state index is 13.0. The van der Waals surface area contributed by atoms with Crippen LogP contribution >= 0.6 is 0 Å². The molecule has 0 aromatic heterocycles. The largest absolute Gasteiger partial charge is 0.423 e. The molecular weight excluding hydrogens is 325 g/mol. The van der Waals surface area contributed by atoms with Gasteiger partial charge in [0.05, 0.1) is 4.92 Å². The van der Waals surface area contributed by atoms with Crippen LogP contribution in [0.5, 0.6) is 0 Å². The normalized spacial score (nSPS) is 18.4. The lowest BCUT2D eigenvalue weighted by Gasteiger charge is -2.34. The van der Waals surface area contributed by atoms with Gasteiger partial charge in [-0.05, 0) is 26.1 Å². The van der Waals surface area contributed by atoms with Crippen LogP contribution in [0.2, 0.25) is 0 Å². The van der Waals surface area contributed by atoms with Crippen molar-refractivity contribution in [2.24, 2.45) is 0 Å². The number of nitrogens with zero attached hydrogens (tertiary/aromatic N) is 3. The number of hydrogen-bond donors (Lipinski definition) is 1. The minimum Gasteiger partial charge on any atom is -0.381 e. The van der Waals surface area contributed by atoms with Gasteiger partial charge in [0.25, 0.3) is 5.69 Å². The molecule has 0 amide bonds. The summed E-state index contributed by atoms with van der Waals surface area (Å²) in [5, 5.41) is 13.8. The molecule has 1 atom stereocenters. The fraction of sp³-hybridized carbons (Fsp3) is 0.600. The van der Waals surface area contributed by atoms with E-state index in [4.69, 9.17) is 0 Å². The van der Waals surface area contributed by atoms with E-state index in [1.165, 1.54) is 6.07 Å². The van der Waals surface area contributed by atoms with Crippen molar-refractivity contribution in [3.05, 3.63) is 33.9 Å². The highest BCUT2D eigenvalue weighted by Crippen LogP contribution is 2.37. The van der Waals surface area contributed by atoms with Crippen molar-refractivity contribution in [1.82, 2.24) is 9.80 Å². The van der Waals surface area contributed by atoms with E-state index in [0.29, 0.717) is 6.54 Å². The Morgan fingerprint density at radius 3 is 2.46 bits per heavy atom. The average molecular weight is 346 g/mol. The summed E-state index contributed by atoms with van der Waals surface area (Å²) in [7, 11) is 2.05. The van der Waals surface area contributed by atoms with Crippen molar-refractivity contribution in [1.29, 1.82) is 0 Å². The Labute approximate surface area is 138 Å². The van der Waals surface area contributed by atoms with Gasteiger partial charge in [-0.3, -0.25) is 15.0 Å². The van der Waals surface area contributed by atoms with Crippen molar-refractivity contribution in [3.63, 3.8) is 0 Å². The number of rotatable bonds is 5. The molecule has 0 unspecified atom stereocenters. The number of nitro benzene ring substituents is 1. The summed E-state index contributed by atoms with van der Waals surface area (Å²) < 4.78 is 39.0. The number of piperazine rings is 1. The fourth-order valence-corrected chi connectivity index (χ4v) is 2.76. The standard InChI is InChI=1S/C15H21F3N4O2/c1-11(10-21-7-5-20(2)6-8-21)19-12-3-4-14(22(23)24)13(9-12)15(16,17)18/h3-4,9,11,19H,5-8,10H2,1-2H3/t11-/m0/s1. The summed E-state index contributed by atoms with van der Waals surface area (Å²) in [4.78, 5) is 14.2. The number of alkyl halides is 3. The second-order valence-electron chi connectivity index (χ2n) is 6.14. The Hall–Kier alpha value is -1.87. The first kappa shape index (κ1) is 18.5. The predicted octanol–water partition coefficient (Wildman–Crippen LogP) is 2.66. The van der Waals surface area contributed by atoms with Crippen molar-refractivity contribution in [3.8, 4) is 0 Å². The number of nitro groups is 1. The van der Waals surface area contributed by atoms with Crippen LogP contribution in [0.25, 0.3) is 0 Å². The van der Waals surface area contributed by atoms with E-state index in [1.54, 1.807) is 0 Å². The van der Waals surface area contributed by atoms with E-state index < -0.39 is 22.4 Å². The van der Waals surface area contributed by atoms with Crippen LogP contribution in [-0.2, 0) is 6.18 Å². The van der Waals surface area contributed by atoms with Gasteiger partial charge in [-0.15, -0.1) is 0 Å². The molecule has 1 aliphatic heterocycles. The summed E-state index contributed by atoms with van der Waals surface area (Å²) in [6, 6.07) is 2.94. The zero-order chi connectivity index (χ0) is 17.9. The van der Waals surface area contributed by atoms with Crippen molar-refractivity contribution >= 4 is 11.4 Å². The van der Waals surface area contributed by atoms with Gasteiger partial charge in [0.1, 0.15) is 5.56 Å². The third-order valence-corrected chi connectivity index (χ3v) is 4.04. The van der Waals surface area contributed by atoms with Crippen LogP contribution < -0.4 is 5.32 Å². The molecule has 1 aromatic rings. The number of nitrogens with one attached hydrogen (secondary N) is 1. The van der Waals surface area contributed by atoms with Gasteiger partial charge < -0.3 is 10.2 Å². The molecule has 0 radical (unpaired) electrons. The number of anilines is 1. The first-order chi connectivity index (χ1) is 11.2. The third kappa shape index (κ3) is 4.81. The topological polar surface area (TPSA) is 61.6 Å². The predicted molar refractivity (Wildman–Crippen MR) is 85.1 cm³/mol. The first-order valence-electron chi connectivity index (χ1n) is 7.70. The van der Waals surface area contributed by atoms with Gasteiger partial charge in [0.15, 0.2) is 0 Å². The minimum absolute atomic E-state index is 0.0732. The summed E-state index contributed by atoms with van der Waals surface area (Å²) in [6.07, 6.45) is -4.76. The Morgan fingerprint density at radius 2 is 1.92 bits per heavy atom. The van der Waals surface area contributed by atoms with Crippen LogP contribution in [0.3, 0.4) is 0 Å². The van der Waals surface area contributed by atoms with Crippen molar-refractivity contribution < 1.29 is 18.1 Å². The number of benzene rings is 1. The minimum atomic E-state index is -4.76. The van der Waals surface area contributed by atoms with Gasteiger partial charge >= 0.3 is 6.18 Å². The lowest BCUT2D eigenvalue weighted by atomic mass is 10.1. The van der Waals surface area contributed by atoms with Crippen LogP contribution in [0.4, 0.5) is 24.5 Å². The van der Waals surface area contributed by atoms with Crippen molar-refractivity contribution in [2.45, 2.75) is 19.1 Å². The van der Waals surface area contributed by atoms with Gasteiger partial charge in [-0.25, -0.2) is 0 Å². The third-order valence-electron chi connectivity index (χ3n) is 4.04. The summed E-state index contributed by atoms with van der Waals surface area (Å²) in [6.45, 7) is 6.33. The second-order valence-corrected chi connectivity index (χ2v) is 6.14. The lowest BCUT2D eigenvalue weighted by molar-refractivity contribution is -0.388. The highest BCUT2D eigenvalue weighted by atomic mass is 19.4. The second kappa shape index (κ2) is 7.35. The number of halogens is 3. The Balaban J connectivity index is 2.05. The van der Waals surface area contributed by atoms with Gasteiger partial charge in [-0.1, -0.05) is 0 Å². The van der Waals surface area contributed by atoms with E-state index in [9.17, 15) is 23.3 Å². The maximum atomic E-state index is 13.0. The monoisotopic (exact) mass is 346 g/mol. The Morgan fingerprint density at radius 1 is 1.29 bits per heavy atom. The molecule has 0 aliphatic carbocycles. The zero-order valence-corrected chi connectivity index (χ0v) is 13.6. The summed E-state index contributed by atoms with van der Waals surface area (Å²) in [5.41, 5.74) is -1.93. The molecule has 1 N–H and O–H groups in total. The molecule has 1 fully saturated rings. The molecule has 1 saturated heterocycles. The zero-order valence-electron chi connectivity index (χ0n) is 13.6. The van der Waals surface area contributed by atoms with Gasteiger partial charge in [0, 0.05) is 50.5 Å². The quantitative estimate of drug-likeness (QED) is 0.656. The molecule has 1 aliphatic rings. The lowest BCUT2D eigenvalue weighted by Crippen LogP contribution is -2.47. The average Bonchev–Trinajstić information content (AvgIpc) is 2.48. The van der Waals surface area contributed by atoms with E-state index in [-0.39, 0.29) is 11.7 Å². The van der Waals surface area contributed by atoms with Crippen LogP contribution in [0.15, 0.2) is 18.2 Å². The Bertz CT molecular complexity index is 587. The molecule has 0 saturated carbocycles. The van der Waals surface area contributed by atoms with Gasteiger partial charge in [-0.2, -0.15) is 13.2 Å². The molecule has 1 heterocycles. The molecular formula is C15H21F3N4O2. The molecule has 134 valence electrons. The summed E-state index contributed by atoms with van der Waals surface area (Å²) >= 11 is 0. The molecule has 9 heteroatoms. The Kier molecular flexibility index (Phi) is 5.66. The van der Waals surface area contributed by atoms with E-state index in [0.717, 1.165) is 38.3 Å². The van der Waals surface area contributed by atoms with E-state index >= 15 is 0 Å². The van der Waals surface area contributed by atoms with Crippen LogP contribution in [-0.4, -0.2) is 60.5 Å². The highest BCUT2D eigenvalue weighted by molar-refractivity contribution is 5.55. The summed E-state index contributed by atoms with van der Waals surface area (Å²) in [5.74, 6) is 0. The van der Waals surface area contributed by atoms with Crippen LogP contribution in [0, 0.1) is 10.1 Å². The SMILES string of the molecule is C[C@@H](CN1CCN(C)CC1)Nc1ccc([N+](=O)[O-])c(C(F)(F)F)c1. The molecule has 24 heavy (non-hydrogen) atoms. The van der Waals surface area contributed by atoms with Crippen LogP contribution in [0.1, 0.15) is 12.5 Å². The maximum Gasteiger partial charge on any atom is 0.423 e. The molecule has 6 nitrogen and oxygen atoms in total. The van der Waals surface area contributed by atoms with E-state index in [1.807, 2.05) is 6.92 Å². The first-order valence-corrected chi connectivity index (χ1v) is 7.70.